The fraction of sp³-hybridized carbons (Fsp3) is 0.933. The molecule has 5 atom stereocenters. The minimum atomic E-state index is -0.360. The van der Waals surface area contributed by atoms with Crippen LogP contribution in [0.1, 0.15) is 118 Å². The molecule has 0 amide bonds. The zero-order valence-electron chi connectivity index (χ0n) is 24.0. The first-order chi connectivity index (χ1) is 17.8. The molecule has 0 spiro atoms. The highest BCUT2D eigenvalue weighted by Crippen LogP contribution is 2.36. The highest BCUT2D eigenvalue weighted by Gasteiger charge is 2.32. The lowest BCUT2D eigenvalue weighted by atomic mass is 9.75. The van der Waals surface area contributed by atoms with Gasteiger partial charge in [-0.3, -0.25) is 24.8 Å². The second kappa shape index (κ2) is 15.2. The van der Waals surface area contributed by atoms with Crippen molar-refractivity contribution in [1.82, 2.24) is 4.90 Å². The number of nitrogens with zero attached hydrogens (tertiary/aromatic N) is 3. The van der Waals surface area contributed by atoms with Crippen molar-refractivity contribution < 1.29 is 14.5 Å². The van der Waals surface area contributed by atoms with Crippen molar-refractivity contribution in [1.29, 1.82) is 0 Å². The smallest absolute Gasteiger partial charge is 0.309 e. The summed E-state index contributed by atoms with van der Waals surface area (Å²) in [5.74, 6) is 2.23. The molecule has 7 nitrogen and oxygen atoms in total. The number of carbonyl (C=O) groups excluding carboxylic acids is 1. The fourth-order valence-corrected chi connectivity index (χ4v) is 7.19. The van der Waals surface area contributed by atoms with Crippen LogP contribution >= 0.6 is 0 Å². The molecule has 0 aliphatic heterocycles. The third-order valence-electron chi connectivity index (χ3n) is 9.82. The Bertz CT molecular complexity index is 730. The molecule has 0 aromatic heterocycles. The van der Waals surface area contributed by atoms with Gasteiger partial charge in [0, 0.05) is 30.0 Å². The standard InChI is InChI=1S/C30H53N3O4/c1-5-25(26-10-8-7-9-11-26)18-23(4)30(34)37-21-32(6-2)28-16-17-29(22(3)19-28)31-20-24-12-14-27(15-13-24)33(35)36/h20,22-29H,5-19,21H2,1-4H3. The zero-order valence-corrected chi connectivity index (χ0v) is 24.0. The maximum absolute atomic E-state index is 12.9. The lowest BCUT2D eigenvalue weighted by molar-refractivity contribution is -0.526. The highest BCUT2D eigenvalue weighted by molar-refractivity contribution is 5.71. The Morgan fingerprint density at radius 1 is 1.08 bits per heavy atom. The quantitative estimate of drug-likeness (QED) is 0.0920. The normalized spacial score (nSPS) is 31.3. The van der Waals surface area contributed by atoms with E-state index < -0.39 is 0 Å². The average molecular weight is 520 g/mol. The van der Waals surface area contributed by atoms with E-state index in [1.807, 2.05) is 0 Å². The minimum absolute atomic E-state index is 0.0324. The van der Waals surface area contributed by atoms with Crippen LogP contribution in [-0.2, 0) is 9.53 Å². The Labute approximate surface area is 225 Å². The molecule has 0 aromatic carbocycles. The highest BCUT2D eigenvalue weighted by atomic mass is 16.6. The molecule has 37 heavy (non-hydrogen) atoms. The number of rotatable bonds is 12. The topological polar surface area (TPSA) is 85.0 Å². The molecule has 3 rings (SSSR count). The molecule has 3 fully saturated rings. The maximum atomic E-state index is 12.9. The van der Waals surface area contributed by atoms with Crippen molar-refractivity contribution in [3.8, 4) is 0 Å². The van der Waals surface area contributed by atoms with Crippen LogP contribution in [0.15, 0.2) is 4.99 Å². The predicted molar refractivity (Wildman–Crippen MR) is 149 cm³/mol. The summed E-state index contributed by atoms with van der Waals surface area (Å²) in [6.07, 6.45) is 17.3. The molecular weight excluding hydrogens is 466 g/mol. The van der Waals surface area contributed by atoms with Crippen molar-refractivity contribution in [3.63, 3.8) is 0 Å². The number of ether oxygens (including phenoxy) is 1. The van der Waals surface area contributed by atoms with Crippen molar-refractivity contribution in [2.45, 2.75) is 136 Å². The second-order valence-electron chi connectivity index (χ2n) is 12.4. The number of carbonyl (C=O) groups is 1. The van der Waals surface area contributed by atoms with E-state index in [1.165, 1.54) is 32.1 Å². The van der Waals surface area contributed by atoms with Crippen LogP contribution in [0.2, 0.25) is 0 Å². The molecule has 0 bridgehead atoms. The van der Waals surface area contributed by atoms with Gasteiger partial charge in [0.05, 0.1) is 12.0 Å². The Morgan fingerprint density at radius 2 is 1.78 bits per heavy atom. The predicted octanol–water partition coefficient (Wildman–Crippen LogP) is 6.91. The molecular formula is C30H53N3O4. The van der Waals surface area contributed by atoms with E-state index >= 15 is 0 Å². The fourth-order valence-electron chi connectivity index (χ4n) is 7.19. The molecule has 0 heterocycles. The molecule has 0 radical (unpaired) electrons. The molecule has 0 aromatic rings. The van der Waals surface area contributed by atoms with Crippen LogP contribution in [0.5, 0.6) is 0 Å². The summed E-state index contributed by atoms with van der Waals surface area (Å²) in [5, 5.41) is 11.0. The van der Waals surface area contributed by atoms with E-state index in [4.69, 9.17) is 9.73 Å². The number of hydrogen-bond acceptors (Lipinski definition) is 6. The van der Waals surface area contributed by atoms with Crippen molar-refractivity contribution in [2.75, 3.05) is 13.3 Å². The number of esters is 1. The van der Waals surface area contributed by atoms with Gasteiger partial charge >= 0.3 is 5.97 Å². The number of hydrogen-bond donors (Lipinski definition) is 0. The summed E-state index contributed by atoms with van der Waals surface area (Å²) in [5.41, 5.74) is 0. The van der Waals surface area contributed by atoms with Gasteiger partial charge in [0.1, 0.15) is 6.73 Å². The van der Waals surface area contributed by atoms with Gasteiger partial charge in [-0.05, 0) is 68.7 Å². The summed E-state index contributed by atoms with van der Waals surface area (Å²) in [4.78, 5) is 31.0. The van der Waals surface area contributed by atoms with Crippen molar-refractivity contribution in [2.24, 2.45) is 34.6 Å². The van der Waals surface area contributed by atoms with Gasteiger partial charge in [0.25, 0.3) is 0 Å². The van der Waals surface area contributed by atoms with Gasteiger partial charge in [-0.2, -0.15) is 0 Å². The molecule has 7 heteroatoms. The molecule has 3 aliphatic rings. The van der Waals surface area contributed by atoms with E-state index in [9.17, 15) is 14.9 Å². The molecule has 3 saturated carbocycles. The first-order valence-electron chi connectivity index (χ1n) is 15.4. The monoisotopic (exact) mass is 519 g/mol. The SMILES string of the molecule is CCC(CC(C)C(=O)OCN(CC)C1CCC(N=CC2CCC([N+](=O)[O-])CC2)C(C)C1)C1CCCCC1. The van der Waals surface area contributed by atoms with E-state index in [2.05, 4.69) is 38.8 Å². The summed E-state index contributed by atoms with van der Waals surface area (Å²) in [7, 11) is 0. The largest absolute Gasteiger partial charge is 0.449 e. The molecule has 212 valence electrons. The van der Waals surface area contributed by atoms with Gasteiger partial charge in [-0.1, -0.05) is 66.2 Å². The van der Waals surface area contributed by atoms with E-state index in [1.54, 1.807) is 0 Å². The number of nitro groups is 1. The van der Waals surface area contributed by atoms with Crippen LogP contribution in [0.3, 0.4) is 0 Å². The van der Waals surface area contributed by atoms with E-state index in [0.29, 0.717) is 49.4 Å². The van der Waals surface area contributed by atoms with Crippen LogP contribution < -0.4 is 0 Å². The summed E-state index contributed by atoms with van der Waals surface area (Å²) >= 11 is 0. The van der Waals surface area contributed by atoms with Crippen LogP contribution in [0.25, 0.3) is 0 Å². The molecule has 5 unspecified atom stereocenters. The summed E-state index contributed by atoms with van der Waals surface area (Å²) < 4.78 is 5.87. The Morgan fingerprint density at radius 3 is 2.38 bits per heavy atom. The van der Waals surface area contributed by atoms with Gasteiger partial charge in [0.2, 0.25) is 6.04 Å². The van der Waals surface area contributed by atoms with Gasteiger partial charge in [-0.15, -0.1) is 0 Å². The van der Waals surface area contributed by atoms with E-state index in [0.717, 1.165) is 57.4 Å². The Balaban J connectivity index is 1.41. The average Bonchev–Trinajstić information content (AvgIpc) is 2.92. The lowest BCUT2D eigenvalue weighted by Crippen LogP contribution is -2.43. The van der Waals surface area contributed by atoms with Crippen LogP contribution in [0.4, 0.5) is 0 Å². The van der Waals surface area contributed by atoms with Gasteiger partial charge in [0.15, 0.2) is 0 Å². The van der Waals surface area contributed by atoms with Crippen LogP contribution in [-0.4, -0.2) is 53.4 Å². The first-order valence-corrected chi connectivity index (χ1v) is 15.4. The Kier molecular flexibility index (Phi) is 12.3. The Hall–Kier alpha value is -1.50. The summed E-state index contributed by atoms with van der Waals surface area (Å²) in [6, 6.07) is 0.397. The third kappa shape index (κ3) is 9.04. The third-order valence-corrected chi connectivity index (χ3v) is 9.82. The minimum Gasteiger partial charge on any atom is -0.449 e. The number of aliphatic imine (C=N–C) groups is 1. The molecule has 0 saturated heterocycles. The van der Waals surface area contributed by atoms with E-state index in [-0.39, 0.29) is 22.9 Å². The summed E-state index contributed by atoms with van der Waals surface area (Å²) in [6.45, 7) is 10.1. The second-order valence-corrected chi connectivity index (χ2v) is 12.4. The van der Waals surface area contributed by atoms with Crippen molar-refractivity contribution in [3.05, 3.63) is 10.1 Å². The lowest BCUT2D eigenvalue weighted by Gasteiger charge is -2.38. The van der Waals surface area contributed by atoms with Crippen molar-refractivity contribution >= 4 is 12.2 Å². The van der Waals surface area contributed by atoms with Gasteiger partial charge < -0.3 is 4.74 Å². The van der Waals surface area contributed by atoms with Crippen LogP contribution in [0, 0.1) is 39.7 Å². The zero-order chi connectivity index (χ0) is 26.8. The molecule has 3 aliphatic carbocycles. The first kappa shape index (κ1) is 30.0. The molecule has 0 N–H and O–H groups in total. The van der Waals surface area contributed by atoms with Gasteiger partial charge in [-0.25, -0.2) is 0 Å². The maximum Gasteiger partial charge on any atom is 0.309 e.